The first-order valence-corrected chi connectivity index (χ1v) is 11.5. The molecule has 0 aliphatic heterocycles. The molecule has 4 heteroatoms. The van der Waals surface area contributed by atoms with E-state index >= 15 is 0 Å². The molecule has 27 heavy (non-hydrogen) atoms. The summed E-state index contributed by atoms with van der Waals surface area (Å²) in [5.74, 6) is 0.584. The zero-order valence-electron chi connectivity index (χ0n) is 15.7. The zero-order chi connectivity index (χ0) is 19.0. The predicted octanol–water partition coefficient (Wildman–Crippen LogP) is 5.21. The summed E-state index contributed by atoms with van der Waals surface area (Å²) in [5, 5.41) is 1.32. The summed E-state index contributed by atoms with van der Waals surface area (Å²) in [5.41, 5.74) is 0. The first-order chi connectivity index (χ1) is 13.2. The molecule has 0 amide bonds. The Morgan fingerprint density at radius 1 is 0.704 bits per heavy atom. The molecule has 1 N–H and O–H groups in total. The minimum absolute atomic E-state index is 0.429. The molecule has 0 spiro atoms. The van der Waals surface area contributed by atoms with Gasteiger partial charge in [0, 0.05) is 0 Å². The van der Waals surface area contributed by atoms with Gasteiger partial charge in [-0.3, -0.25) is 0 Å². The molecule has 0 radical (unpaired) electrons. The molecule has 142 valence electrons. The van der Waals surface area contributed by atoms with E-state index in [1.165, 1.54) is 0 Å². The van der Waals surface area contributed by atoms with Crippen LogP contribution in [0.1, 0.15) is 26.2 Å². The van der Waals surface area contributed by atoms with Gasteiger partial charge < -0.3 is 0 Å². The van der Waals surface area contributed by atoms with Gasteiger partial charge in [0.1, 0.15) is 0 Å². The van der Waals surface area contributed by atoms with Crippen LogP contribution in [0.15, 0.2) is 91.0 Å². The molecule has 3 rings (SSSR count). The Hall–Kier alpha value is -2.19. The number of hydrogen-bond acceptors (Lipinski definition) is 3. The van der Waals surface area contributed by atoms with Crippen molar-refractivity contribution < 1.29 is 13.9 Å². The molecule has 0 saturated carbocycles. The number of para-hydroxylation sites is 1. The topological polar surface area (TPSA) is 38.7 Å². The van der Waals surface area contributed by atoms with Crippen molar-refractivity contribution in [1.29, 1.82) is 0 Å². The van der Waals surface area contributed by atoms with Gasteiger partial charge in [-0.25, -0.2) is 0 Å². The summed E-state index contributed by atoms with van der Waals surface area (Å²) < 4.78 is 12.8. The van der Waals surface area contributed by atoms with Crippen molar-refractivity contribution in [2.45, 2.75) is 26.2 Å². The standard InChI is InChI=1S/C23H27O3P/c1-2-3-13-20-25-27(24,22-16-9-5-10-17-22,23-18-11-6-12-19-23)26-21-14-7-4-8-15-21/h4-12,14-19,24H,2-3,13,20H2,1H3. The number of benzene rings is 3. The van der Waals surface area contributed by atoms with Crippen molar-refractivity contribution in [3.05, 3.63) is 91.0 Å². The Kier molecular flexibility index (Phi) is 6.28. The molecule has 0 unspecified atom stereocenters. The van der Waals surface area contributed by atoms with Crippen LogP contribution in [-0.2, 0) is 4.52 Å². The van der Waals surface area contributed by atoms with Gasteiger partial charge in [0.25, 0.3) is 0 Å². The van der Waals surface area contributed by atoms with Gasteiger partial charge in [-0.1, -0.05) is 0 Å². The van der Waals surface area contributed by atoms with E-state index in [-0.39, 0.29) is 0 Å². The summed E-state index contributed by atoms with van der Waals surface area (Å²) in [6.45, 7) is 2.58. The molecule has 0 aliphatic carbocycles. The van der Waals surface area contributed by atoms with E-state index in [0.29, 0.717) is 23.0 Å². The third-order valence-corrected chi connectivity index (χ3v) is 8.15. The van der Waals surface area contributed by atoms with Crippen molar-refractivity contribution in [3.63, 3.8) is 0 Å². The molecule has 0 fully saturated rings. The van der Waals surface area contributed by atoms with Crippen LogP contribution in [0.25, 0.3) is 0 Å². The summed E-state index contributed by atoms with van der Waals surface area (Å²) in [4.78, 5) is 12.4. The van der Waals surface area contributed by atoms with Gasteiger partial charge in [-0.15, -0.1) is 0 Å². The molecule has 3 nitrogen and oxygen atoms in total. The van der Waals surface area contributed by atoms with Crippen LogP contribution >= 0.6 is 7.28 Å². The second-order valence-corrected chi connectivity index (χ2v) is 9.83. The van der Waals surface area contributed by atoms with E-state index in [4.69, 9.17) is 9.05 Å². The quantitative estimate of drug-likeness (QED) is 0.408. The Morgan fingerprint density at radius 2 is 1.19 bits per heavy atom. The van der Waals surface area contributed by atoms with Crippen molar-refractivity contribution in [1.82, 2.24) is 0 Å². The van der Waals surface area contributed by atoms with E-state index in [9.17, 15) is 4.89 Å². The molecule has 0 aromatic heterocycles. The predicted molar refractivity (Wildman–Crippen MR) is 114 cm³/mol. The fraction of sp³-hybridized carbons (Fsp3) is 0.217. The molecule has 3 aromatic rings. The maximum absolute atomic E-state index is 12.4. The fourth-order valence-corrected chi connectivity index (χ4v) is 6.31. The Balaban J connectivity index is 2.14. The molecule has 0 saturated heterocycles. The molecular formula is C23H27O3P. The van der Waals surface area contributed by atoms with Crippen molar-refractivity contribution in [2.24, 2.45) is 0 Å². The van der Waals surface area contributed by atoms with Crippen LogP contribution in [0.2, 0.25) is 0 Å². The van der Waals surface area contributed by atoms with Crippen LogP contribution in [0, 0.1) is 0 Å². The number of rotatable bonds is 9. The number of unbranched alkanes of at least 4 members (excludes halogenated alkanes) is 2. The summed E-state index contributed by atoms with van der Waals surface area (Å²) in [6, 6.07) is 28.4. The third kappa shape index (κ3) is 4.22. The van der Waals surface area contributed by atoms with E-state index in [2.05, 4.69) is 6.92 Å². The van der Waals surface area contributed by atoms with Gasteiger partial charge in [-0.2, -0.15) is 0 Å². The monoisotopic (exact) mass is 382 g/mol. The van der Waals surface area contributed by atoms with Gasteiger partial charge in [0.15, 0.2) is 0 Å². The fourth-order valence-electron chi connectivity index (χ4n) is 3.07. The van der Waals surface area contributed by atoms with E-state index in [1.54, 1.807) is 0 Å². The summed E-state index contributed by atoms with van der Waals surface area (Å²) in [6.07, 6.45) is 3.00. The van der Waals surface area contributed by atoms with Gasteiger partial charge >= 0.3 is 161 Å². The van der Waals surface area contributed by atoms with Crippen LogP contribution < -0.4 is 15.1 Å². The summed E-state index contributed by atoms with van der Waals surface area (Å²) >= 11 is 0. The Morgan fingerprint density at radius 3 is 1.67 bits per heavy atom. The van der Waals surface area contributed by atoms with Gasteiger partial charge in [-0.05, 0) is 0 Å². The molecule has 3 aromatic carbocycles. The van der Waals surface area contributed by atoms with Gasteiger partial charge in [0.2, 0.25) is 0 Å². The van der Waals surface area contributed by atoms with Crippen molar-refractivity contribution in [2.75, 3.05) is 6.61 Å². The summed E-state index contributed by atoms with van der Waals surface area (Å²) in [7, 11) is -4.35. The average Bonchev–Trinajstić information content (AvgIpc) is 2.74. The van der Waals surface area contributed by atoms with Crippen molar-refractivity contribution >= 4 is 17.9 Å². The van der Waals surface area contributed by atoms with Crippen LogP contribution in [0.3, 0.4) is 0 Å². The minimum atomic E-state index is -4.35. The Labute approximate surface area is 161 Å². The SMILES string of the molecule is CCCCCOP(O)(Oc1ccccc1)(c1ccccc1)c1ccccc1. The Bertz CT molecular complexity index is 783. The second kappa shape index (κ2) is 8.67. The van der Waals surface area contributed by atoms with Crippen molar-refractivity contribution in [3.8, 4) is 5.75 Å². The van der Waals surface area contributed by atoms with E-state index in [1.807, 2.05) is 91.0 Å². The first kappa shape index (κ1) is 19.6. The molecule has 0 atom stereocenters. The second-order valence-electron chi connectivity index (χ2n) is 6.53. The van der Waals surface area contributed by atoms with E-state index in [0.717, 1.165) is 19.3 Å². The van der Waals surface area contributed by atoms with Crippen LogP contribution in [-0.4, -0.2) is 11.5 Å². The van der Waals surface area contributed by atoms with Gasteiger partial charge in [0.05, 0.1) is 0 Å². The molecule has 0 heterocycles. The first-order valence-electron chi connectivity index (χ1n) is 9.44. The van der Waals surface area contributed by atoms with Crippen LogP contribution in [0.4, 0.5) is 0 Å². The van der Waals surface area contributed by atoms with Crippen LogP contribution in [0.5, 0.6) is 5.75 Å². The normalized spacial score (nSPS) is 12.9. The number of hydrogen-bond donors (Lipinski definition) is 1. The maximum atomic E-state index is 12.4. The molecular weight excluding hydrogens is 355 g/mol. The average molecular weight is 382 g/mol. The molecule has 0 aliphatic rings. The third-order valence-electron chi connectivity index (χ3n) is 4.52. The zero-order valence-corrected chi connectivity index (χ0v) is 16.6. The van der Waals surface area contributed by atoms with E-state index < -0.39 is 7.28 Å². The molecule has 0 bridgehead atoms.